The Morgan fingerprint density at radius 1 is 1.24 bits per heavy atom. The molecule has 0 N–H and O–H groups in total. The SMILES string of the molecule is CCOc1ccc2c(ccn2C[B-](F)(F)F)c1. The monoisotopic (exact) mass is 242 g/mol. The number of ether oxygens (including phenoxy) is 1. The number of fused-ring (bicyclic) bond motifs is 1. The van der Waals surface area contributed by atoms with Gasteiger partial charge < -0.3 is 22.3 Å². The summed E-state index contributed by atoms with van der Waals surface area (Å²) in [6.45, 7) is -2.42. The van der Waals surface area contributed by atoms with Gasteiger partial charge in [0.05, 0.1) is 6.61 Å². The van der Waals surface area contributed by atoms with Crippen molar-refractivity contribution >= 4 is 17.9 Å². The Balaban J connectivity index is 2.35. The molecular formula is C11H12BF3NO-. The zero-order chi connectivity index (χ0) is 12.5. The van der Waals surface area contributed by atoms with E-state index in [1.54, 1.807) is 24.3 Å². The summed E-state index contributed by atoms with van der Waals surface area (Å²) >= 11 is 0. The Labute approximate surface area is 97.0 Å². The number of rotatable bonds is 4. The first-order valence-electron chi connectivity index (χ1n) is 5.42. The molecule has 0 saturated carbocycles. The minimum absolute atomic E-state index is 0.540. The van der Waals surface area contributed by atoms with Gasteiger partial charge in [0, 0.05) is 17.1 Å². The van der Waals surface area contributed by atoms with Gasteiger partial charge in [0.25, 0.3) is 0 Å². The van der Waals surface area contributed by atoms with Gasteiger partial charge in [-0.05, 0) is 37.6 Å². The van der Waals surface area contributed by atoms with Crippen LogP contribution in [0.15, 0.2) is 30.5 Å². The van der Waals surface area contributed by atoms with Crippen molar-refractivity contribution in [3.05, 3.63) is 30.5 Å². The lowest BCUT2D eigenvalue weighted by Crippen LogP contribution is -2.23. The average molecular weight is 242 g/mol. The molecule has 0 fully saturated rings. The molecule has 0 aliphatic rings. The maximum absolute atomic E-state index is 12.4. The van der Waals surface area contributed by atoms with E-state index >= 15 is 0 Å². The van der Waals surface area contributed by atoms with Crippen LogP contribution in [0.3, 0.4) is 0 Å². The van der Waals surface area contributed by atoms with Crippen LogP contribution in [0.1, 0.15) is 6.92 Å². The first-order chi connectivity index (χ1) is 7.99. The molecule has 1 heterocycles. The molecule has 2 nitrogen and oxygen atoms in total. The van der Waals surface area contributed by atoms with E-state index in [-0.39, 0.29) is 0 Å². The number of halogens is 3. The highest BCUT2D eigenvalue weighted by atomic mass is 19.4. The van der Waals surface area contributed by atoms with E-state index in [0.29, 0.717) is 17.9 Å². The first-order valence-corrected chi connectivity index (χ1v) is 5.42. The van der Waals surface area contributed by atoms with E-state index in [9.17, 15) is 12.9 Å². The third kappa shape index (κ3) is 2.75. The van der Waals surface area contributed by atoms with Crippen LogP contribution >= 0.6 is 0 Å². The molecule has 0 aliphatic heterocycles. The van der Waals surface area contributed by atoms with Crippen molar-refractivity contribution in [2.24, 2.45) is 0 Å². The second-order valence-electron chi connectivity index (χ2n) is 3.83. The van der Waals surface area contributed by atoms with Crippen molar-refractivity contribution < 1.29 is 17.7 Å². The van der Waals surface area contributed by atoms with Crippen molar-refractivity contribution in [1.29, 1.82) is 0 Å². The van der Waals surface area contributed by atoms with E-state index < -0.39 is 13.4 Å². The first kappa shape index (κ1) is 11.9. The zero-order valence-corrected chi connectivity index (χ0v) is 9.37. The van der Waals surface area contributed by atoms with Gasteiger partial charge >= 0.3 is 6.98 Å². The molecule has 17 heavy (non-hydrogen) atoms. The molecule has 0 unspecified atom stereocenters. The number of nitrogens with zero attached hydrogens (tertiary/aromatic N) is 1. The Morgan fingerprint density at radius 3 is 2.65 bits per heavy atom. The van der Waals surface area contributed by atoms with Gasteiger partial charge in [-0.15, -0.1) is 0 Å². The van der Waals surface area contributed by atoms with Crippen LogP contribution < -0.4 is 4.74 Å². The second kappa shape index (κ2) is 4.35. The maximum atomic E-state index is 12.4. The van der Waals surface area contributed by atoms with E-state index in [1.807, 2.05) is 6.92 Å². The summed E-state index contributed by atoms with van der Waals surface area (Å²) in [4.78, 5) is 0. The van der Waals surface area contributed by atoms with Gasteiger partial charge in [-0.1, -0.05) is 0 Å². The lowest BCUT2D eigenvalue weighted by atomic mass is 9.92. The van der Waals surface area contributed by atoms with E-state index in [1.165, 1.54) is 10.8 Å². The van der Waals surface area contributed by atoms with Gasteiger partial charge in [0.1, 0.15) is 5.75 Å². The van der Waals surface area contributed by atoms with Crippen molar-refractivity contribution in [3.63, 3.8) is 0 Å². The quantitative estimate of drug-likeness (QED) is 0.749. The normalized spacial score (nSPS) is 12.0. The second-order valence-corrected chi connectivity index (χ2v) is 3.83. The molecule has 0 aliphatic carbocycles. The molecule has 0 radical (unpaired) electrons. The third-order valence-electron chi connectivity index (χ3n) is 2.46. The maximum Gasteiger partial charge on any atom is 0.497 e. The molecule has 2 rings (SSSR count). The lowest BCUT2D eigenvalue weighted by molar-refractivity contribution is 0.340. The Bertz CT molecular complexity index is 521. The highest BCUT2D eigenvalue weighted by Crippen LogP contribution is 2.24. The summed E-state index contributed by atoms with van der Waals surface area (Å²) in [6, 6.07) is 6.76. The fourth-order valence-corrected chi connectivity index (χ4v) is 1.82. The molecule has 6 heteroatoms. The highest BCUT2D eigenvalue weighted by Gasteiger charge is 2.23. The largest absolute Gasteiger partial charge is 0.497 e. The third-order valence-corrected chi connectivity index (χ3v) is 2.46. The highest BCUT2D eigenvalue weighted by molar-refractivity contribution is 6.57. The summed E-state index contributed by atoms with van der Waals surface area (Å²) in [5.74, 6) is 0.676. The molecule has 0 saturated heterocycles. The van der Waals surface area contributed by atoms with Gasteiger partial charge in [-0.25, -0.2) is 0 Å². The van der Waals surface area contributed by atoms with Gasteiger partial charge in [-0.3, -0.25) is 0 Å². The molecule has 2 aromatic rings. The molecule has 0 atom stereocenters. The van der Waals surface area contributed by atoms with E-state index in [4.69, 9.17) is 4.74 Å². The summed E-state index contributed by atoms with van der Waals surface area (Å²) in [6.07, 6.45) is 0.549. The predicted molar refractivity (Wildman–Crippen MR) is 62.2 cm³/mol. The number of aromatic nitrogens is 1. The van der Waals surface area contributed by atoms with Gasteiger partial charge in [0.2, 0.25) is 0 Å². The van der Waals surface area contributed by atoms with Crippen LogP contribution in [0.5, 0.6) is 5.75 Å². The van der Waals surface area contributed by atoms with Crippen LogP contribution in [-0.2, 0) is 6.44 Å². The molecule has 1 aromatic carbocycles. The van der Waals surface area contributed by atoms with Crippen molar-refractivity contribution in [2.75, 3.05) is 6.61 Å². The summed E-state index contributed by atoms with van der Waals surface area (Å²) in [5, 5.41) is 0.760. The Kier molecular flexibility index (Phi) is 3.04. The fraction of sp³-hybridized carbons (Fsp3) is 0.273. The minimum Gasteiger partial charge on any atom is -0.494 e. The molecule has 0 amide bonds. The van der Waals surface area contributed by atoms with Crippen LogP contribution in [0.2, 0.25) is 0 Å². The molecular weight excluding hydrogens is 230 g/mol. The summed E-state index contributed by atoms with van der Waals surface area (Å²) in [5.41, 5.74) is 0.577. The Hall–Kier alpha value is -1.59. The predicted octanol–water partition coefficient (Wildman–Crippen LogP) is 3.43. The fourth-order valence-electron chi connectivity index (χ4n) is 1.82. The van der Waals surface area contributed by atoms with Crippen LogP contribution in [0.4, 0.5) is 12.9 Å². The smallest absolute Gasteiger partial charge is 0.494 e. The number of benzene rings is 1. The van der Waals surface area contributed by atoms with Crippen LogP contribution in [0, 0.1) is 0 Å². The lowest BCUT2D eigenvalue weighted by Gasteiger charge is -2.15. The van der Waals surface area contributed by atoms with Crippen molar-refractivity contribution in [2.45, 2.75) is 13.4 Å². The molecule has 92 valence electrons. The zero-order valence-electron chi connectivity index (χ0n) is 9.37. The van der Waals surface area contributed by atoms with Crippen molar-refractivity contribution in [3.8, 4) is 5.75 Å². The van der Waals surface area contributed by atoms with Gasteiger partial charge in [-0.2, -0.15) is 0 Å². The standard InChI is InChI=1S/C11H12BF3NO/c1-2-17-10-3-4-11-9(7-10)5-6-16(11)8-12(13,14)15/h3-7H,2,8H2,1H3/q-1. The summed E-state index contributed by atoms with van der Waals surface area (Å²) in [7, 11) is 0. The van der Waals surface area contributed by atoms with E-state index in [0.717, 1.165) is 5.39 Å². The molecule has 0 bridgehead atoms. The van der Waals surface area contributed by atoms with Crippen LogP contribution in [0.25, 0.3) is 10.9 Å². The van der Waals surface area contributed by atoms with Gasteiger partial charge in [0.15, 0.2) is 0 Å². The molecule has 0 spiro atoms. The van der Waals surface area contributed by atoms with Crippen molar-refractivity contribution in [1.82, 2.24) is 4.57 Å². The minimum atomic E-state index is -4.82. The summed E-state index contributed by atoms with van der Waals surface area (Å²) < 4.78 is 43.6. The number of hydrogen-bond donors (Lipinski definition) is 0. The molecule has 1 aromatic heterocycles. The van der Waals surface area contributed by atoms with Crippen LogP contribution in [-0.4, -0.2) is 18.2 Å². The van der Waals surface area contributed by atoms with E-state index in [2.05, 4.69) is 0 Å². The Morgan fingerprint density at radius 2 is 2.00 bits per heavy atom. The average Bonchev–Trinajstić information content (AvgIpc) is 2.59. The number of hydrogen-bond acceptors (Lipinski definition) is 1. The topological polar surface area (TPSA) is 14.2 Å².